The summed E-state index contributed by atoms with van der Waals surface area (Å²) >= 11 is 0. The number of pyridine rings is 1. The van der Waals surface area contributed by atoms with Gasteiger partial charge in [0.25, 0.3) is 0 Å². The van der Waals surface area contributed by atoms with Crippen molar-refractivity contribution in [2.24, 2.45) is 5.92 Å². The third-order valence-electron chi connectivity index (χ3n) is 5.66. The number of nitrogens with one attached hydrogen (secondary N) is 2. The smallest absolute Gasteiger partial charge is 0.223 e. The van der Waals surface area contributed by atoms with Crippen molar-refractivity contribution in [3.63, 3.8) is 0 Å². The van der Waals surface area contributed by atoms with Crippen LogP contribution < -0.4 is 10.6 Å². The number of carbonyl (C=O) groups excluding carboxylic acids is 2. The van der Waals surface area contributed by atoms with Crippen LogP contribution in [0.2, 0.25) is 0 Å². The van der Waals surface area contributed by atoms with Crippen molar-refractivity contribution in [1.82, 2.24) is 15.6 Å². The predicted octanol–water partition coefficient (Wildman–Crippen LogP) is 4.40. The SMILES string of the molecule is CC(CC(=O)NC(C)c1ccc(-c2ccncc2)cc1)NC(=O)C1CCCCC1. The number of benzene rings is 1. The van der Waals surface area contributed by atoms with E-state index in [2.05, 4.69) is 27.8 Å². The maximum Gasteiger partial charge on any atom is 0.223 e. The van der Waals surface area contributed by atoms with E-state index in [4.69, 9.17) is 0 Å². The van der Waals surface area contributed by atoms with Crippen LogP contribution in [-0.2, 0) is 9.59 Å². The van der Waals surface area contributed by atoms with Crippen LogP contribution >= 0.6 is 0 Å². The summed E-state index contributed by atoms with van der Waals surface area (Å²) in [4.78, 5) is 28.8. The van der Waals surface area contributed by atoms with Gasteiger partial charge >= 0.3 is 0 Å². The number of hydrogen-bond acceptors (Lipinski definition) is 3. The average molecular weight is 394 g/mol. The standard InChI is InChI=1S/C24H31N3O2/c1-17(26-24(29)22-6-4-3-5-7-22)16-23(28)27-18(2)19-8-10-20(11-9-19)21-12-14-25-15-13-21/h8-15,17-18,22H,3-7,16H2,1-2H3,(H,26,29)(H,27,28). The largest absolute Gasteiger partial charge is 0.353 e. The van der Waals surface area contributed by atoms with E-state index in [1.165, 1.54) is 6.42 Å². The summed E-state index contributed by atoms with van der Waals surface area (Å²) in [5.41, 5.74) is 3.29. The summed E-state index contributed by atoms with van der Waals surface area (Å²) in [6.07, 6.45) is 9.27. The number of rotatable bonds is 7. The zero-order valence-corrected chi connectivity index (χ0v) is 17.4. The lowest BCUT2D eigenvalue weighted by molar-refractivity contribution is -0.127. The van der Waals surface area contributed by atoms with Gasteiger partial charge in [0.15, 0.2) is 0 Å². The van der Waals surface area contributed by atoms with Crippen LogP contribution in [0.3, 0.4) is 0 Å². The van der Waals surface area contributed by atoms with E-state index >= 15 is 0 Å². The molecule has 1 aromatic carbocycles. The summed E-state index contributed by atoms with van der Waals surface area (Å²) < 4.78 is 0. The van der Waals surface area contributed by atoms with Crippen LogP contribution in [0.15, 0.2) is 48.8 Å². The first-order valence-corrected chi connectivity index (χ1v) is 10.6. The van der Waals surface area contributed by atoms with Crippen molar-refractivity contribution in [3.8, 4) is 11.1 Å². The molecule has 1 heterocycles. The van der Waals surface area contributed by atoms with E-state index < -0.39 is 0 Å². The summed E-state index contributed by atoms with van der Waals surface area (Å²) in [5, 5.41) is 6.05. The maximum absolute atomic E-state index is 12.4. The quantitative estimate of drug-likeness (QED) is 0.732. The van der Waals surface area contributed by atoms with Gasteiger partial charge in [-0.3, -0.25) is 14.6 Å². The molecule has 2 atom stereocenters. The zero-order chi connectivity index (χ0) is 20.6. The van der Waals surface area contributed by atoms with E-state index in [9.17, 15) is 9.59 Å². The zero-order valence-electron chi connectivity index (χ0n) is 17.4. The first kappa shape index (κ1) is 21.0. The molecule has 3 rings (SSSR count). The van der Waals surface area contributed by atoms with Crippen molar-refractivity contribution in [1.29, 1.82) is 0 Å². The summed E-state index contributed by atoms with van der Waals surface area (Å²) in [7, 11) is 0. The molecule has 1 fully saturated rings. The van der Waals surface area contributed by atoms with Gasteiger partial charge in [-0.15, -0.1) is 0 Å². The molecule has 154 valence electrons. The number of carbonyl (C=O) groups is 2. The Labute approximate surface area is 173 Å². The molecule has 1 aliphatic rings. The van der Waals surface area contributed by atoms with E-state index in [1.54, 1.807) is 12.4 Å². The number of nitrogens with zero attached hydrogens (tertiary/aromatic N) is 1. The van der Waals surface area contributed by atoms with Gasteiger partial charge in [0, 0.05) is 30.8 Å². The molecule has 1 aromatic heterocycles. The minimum Gasteiger partial charge on any atom is -0.353 e. The lowest BCUT2D eigenvalue weighted by Crippen LogP contribution is -2.41. The summed E-state index contributed by atoms with van der Waals surface area (Å²) in [6.45, 7) is 3.87. The average Bonchev–Trinajstić information content (AvgIpc) is 2.74. The molecule has 0 bridgehead atoms. The van der Waals surface area contributed by atoms with Gasteiger partial charge < -0.3 is 10.6 Å². The van der Waals surface area contributed by atoms with Crippen molar-refractivity contribution >= 4 is 11.8 Å². The van der Waals surface area contributed by atoms with E-state index in [0.29, 0.717) is 0 Å². The third-order valence-corrected chi connectivity index (χ3v) is 5.66. The molecule has 2 amide bonds. The Morgan fingerprint density at radius 1 is 0.931 bits per heavy atom. The Kier molecular flexibility index (Phi) is 7.39. The van der Waals surface area contributed by atoms with Crippen LogP contribution in [0.1, 0.15) is 64.0 Å². The third kappa shape index (κ3) is 6.14. The fourth-order valence-electron chi connectivity index (χ4n) is 3.95. The normalized spacial score (nSPS) is 16.6. The fraction of sp³-hybridized carbons (Fsp3) is 0.458. The molecule has 1 saturated carbocycles. The fourth-order valence-corrected chi connectivity index (χ4v) is 3.95. The highest BCUT2D eigenvalue weighted by Crippen LogP contribution is 2.24. The number of aromatic nitrogens is 1. The predicted molar refractivity (Wildman–Crippen MR) is 115 cm³/mol. The summed E-state index contributed by atoms with van der Waals surface area (Å²) in [5.74, 6) is 0.170. The summed E-state index contributed by atoms with van der Waals surface area (Å²) in [6, 6.07) is 11.9. The topological polar surface area (TPSA) is 71.1 Å². The molecule has 5 heteroatoms. The molecule has 1 aliphatic carbocycles. The highest BCUT2D eigenvalue weighted by atomic mass is 16.2. The van der Waals surface area contributed by atoms with Crippen molar-refractivity contribution in [2.75, 3.05) is 0 Å². The van der Waals surface area contributed by atoms with Crippen LogP contribution in [0.25, 0.3) is 11.1 Å². The van der Waals surface area contributed by atoms with Gasteiger partial charge in [-0.2, -0.15) is 0 Å². The Morgan fingerprint density at radius 2 is 1.55 bits per heavy atom. The van der Waals surface area contributed by atoms with Gasteiger partial charge in [-0.05, 0) is 55.5 Å². The van der Waals surface area contributed by atoms with Gasteiger partial charge in [-0.1, -0.05) is 43.5 Å². The molecule has 2 aromatic rings. The second kappa shape index (κ2) is 10.2. The molecule has 0 saturated heterocycles. The Morgan fingerprint density at radius 3 is 2.21 bits per heavy atom. The second-order valence-electron chi connectivity index (χ2n) is 8.10. The molecule has 29 heavy (non-hydrogen) atoms. The Balaban J connectivity index is 1.47. The van der Waals surface area contributed by atoms with Gasteiger partial charge in [0.05, 0.1) is 6.04 Å². The van der Waals surface area contributed by atoms with Gasteiger partial charge in [-0.25, -0.2) is 0 Å². The lowest BCUT2D eigenvalue weighted by atomic mass is 9.88. The van der Waals surface area contributed by atoms with Crippen molar-refractivity contribution < 1.29 is 9.59 Å². The van der Waals surface area contributed by atoms with Crippen LogP contribution in [0.4, 0.5) is 0 Å². The van der Waals surface area contributed by atoms with E-state index in [0.717, 1.165) is 42.4 Å². The molecule has 0 aliphatic heterocycles. The first-order chi connectivity index (χ1) is 14.0. The highest BCUT2D eigenvalue weighted by molar-refractivity contribution is 5.81. The first-order valence-electron chi connectivity index (χ1n) is 10.6. The molecule has 2 unspecified atom stereocenters. The second-order valence-corrected chi connectivity index (χ2v) is 8.10. The molecule has 2 N–H and O–H groups in total. The van der Waals surface area contributed by atoms with Crippen molar-refractivity contribution in [3.05, 3.63) is 54.4 Å². The monoisotopic (exact) mass is 393 g/mol. The number of hydrogen-bond donors (Lipinski definition) is 2. The van der Waals surface area contributed by atoms with E-state index in [1.807, 2.05) is 38.1 Å². The Bertz CT molecular complexity index is 799. The molecule has 0 spiro atoms. The molecular weight excluding hydrogens is 362 g/mol. The number of amides is 2. The maximum atomic E-state index is 12.4. The minimum atomic E-state index is -0.161. The van der Waals surface area contributed by atoms with Crippen LogP contribution in [-0.4, -0.2) is 22.8 Å². The highest BCUT2D eigenvalue weighted by Gasteiger charge is 2.23. The molecular formula is C24H31N3O2. The Hall–Kier alpha value is -2.69. The van der Waals surface area contributed by atoms with Crippen LogP contribution in [0, 0.1) is 5.92 Å². The van der Waals surface area contributed by atoms with Gasteiger partial charge in [0.2, 0.25) is 11.8 Å². The minimum absolute atomic E-state index is 0.0489. The molecule has 0 radical (unpaired) electrons. The lowest BCUT2D eigenvalue weighted by Gasteiger charge is -2.23. The van der Waals surface area contributed by atoms with Crippen LogP contribution in [0.5, 0.6) is 0 Å². The molecule has 5 nitrogen and oxygen atoms in total. The van der Waals surface area contributed by atoms with Gasteiger partial charge in [0.1, 0.15) is 0 Å². The van der Waals surface area contributed by atoms with Crippen molar-refractivity contribution in [2.45, 2.75) is 64.5 Å². The van der Waals surface area contributed by atoms with E-state index in [-0.39, 0.29) is 36.2 Å².